The molecule has 1 aromatic rings. The Morgan fingerprint density at radius 3 is 2.65 bits per heavy atom. The van der Waals surface area contributed by atoms with E-state index < -0.39 is 0 Å². The molecule has 0 aliphatic carbocycles. The summed E-state index contributed by atoms with van der Waals surface area (Å²) in [5.41, 5.74) is 6.75. The number of nitrogens with zero attached hydrogens (tertiary/aromatic N) is 2. The molecular formula is C16H26FN3. The molecule has 112 valence electrons. The van der Waals surface area contributed by atoms with E-state index in [0.717, 1.165) is 26.1 Å². The summed E-state index contributed by atoms with van der Waals surface area (Å²) < 4.78 is 13.7. The molecule has 2 N–H and O–H groups in total. The van der Waals surface area contributed by atoms with E-state index in [9.17, 15) is 4.39 Å². The van der Waals surface area contributed by atoms with Gasteiger partial charge in [-0.25, -0.2) is 4.39 Å². The van der Waals surface area contributed by atoms with E-state index in [2.05, 4.69) is 30.8 Å². The first kappa shape index (κ1) is 15.4. The van der Waals surface area contributed by atoms with E-state index >= 15 is 0 Å². The van der Waals surface area contributed by atoms with Crippen molar-refractivity contribution in [1.29, 1.82) is 0 Å². The van der Waals surface area contributed by atoms with Gasteiger partial charge >= 0.3 is 0 Å². The van der Waals surface area contributed by atoms with Crippen LogP contribution in [-0.4, -0.2) is 49.6 Å². The third kappa shape index (κ3) is 3.57. The Morgan fingerprint density at radius 2 is 2.05 bits per heavy atom. The van der Waals surface area contributed by atoms with E-state index in [-0.39, 0.29) is 11.9 Å². The summed E-state index contributed by atoms with van der Waals surface area (Å²) in [6, 6.07) is 7.21. The van der Waals surface area contributed by atoms with Gasteiger partial charge in [-0.05, 0) is 32.5 Å². The molecule has 0 saturated carbocycles. The molecule has 2 rings (SSSR count). The molecule has 3 atom stereocenters. The maximum Gasteiger partial charge on any atom is 0.127 e. The average Bonchev–Trinajstić information content (AvgIpc) is 2.78. The Balaban J connectivity index is 1.86. The predicted molar refractivity (Wildman–Crippen MR) is 81.0 cm³/mol. The number of benzene rings is 1. The van der Waals surface area contributed by atoms with E-state index in [1.54, 1.807) is 12.1 Å². The number of likely N-dealkylation sites (N-methyl/N-ethyl adjacent to an activating group) is 1. The standard InChI is InChI=1S/C16H26FN3/c1-12-10-20(11-16(12)19(2)3)9-8-15(18)13-6-4-5-7-14(13)17/h4-7,12,15-16H,8-11,18H2,1-3H3. The van der Waals surface area contributed by atoms with Gasteiger partial charge in [-0.2, -0.15) is 0 Å². The van der Waals surface area contributed by atoms with Crippen LogP contribution >= 0.6 is 0 Å². The number of likely N-dealkylation sites (tertiary alicyclic amines) is 1. The maximum absolute atomic E-state index is 13.7. The van der Waals surface area contributed by atoms with Crippen LogP contribution in [0.1, 0.15) is 24.9 Å². The SMILES string of the molecule is CC1CN(CCC(N)c2ccccc2F)CC1N(C)C. The van der Waals surface area contributed by atoms with Gasteiger partial charge in [0.1, 0.15) is 5.82 Å². The Hall–Kier alpha value is -0.970. The molecule has 3 nitrogen and oxygen atoms in total. The molecule has 1 heterocycles. The van der Waals surface area contributed by atoms with Gasteiger partial charge in [-0.15, -0.1) is 0 Å². The van der Waals surface area contributed by atoms with Crippen molar-refractivity contribution in [2.75, 3.05) is 33.7 Å². The number of nitrogens with two attached hydrogens (primary N) is 1. The van der Waals surface area contributed by atoms with Gasteiger partial charge in [0.05, 0.1) is 0 Å². The van der Waals surface area contributed by atoms with Crippen LogP contribution in [0.25, 0.3) is 0 Å². The lowest BCUT2D eigenvalue weighted by molar-refractivity contribution is 0.250. The second-order valence-corrected chi connectivity index (χ2v) is 6.18. The Morgan fingerprint density at radius 1 is 1.35 bits per heavy atom. The van der Waals surface area contributed by atoms with Gasteiger partial charge in [0.25, 0.3) is 0 Å². The molecule has 1 fully saturated rings. The van der Waals surface area contributed by atoms with Gasteiger partial charge in [-0.1, -0.05) is 25.1 Å². The van der Waals surface area contributed by atoms with Crippen molar-refractivity contribution in [3.63, 3.8) is 0 Å². The number of hydrogen-bond acceptors (Lipinski definition) is 3. The van der Waals surface area contributed by atoms with Crippen LogP contribution in [0.5, 0.6) is 0 Å². The largest absolute Gasteiger partial charge is 0.324 e. The third-order valence-electron chi connectivity index (χ3n) is 4.37. The summed E-state index contributed by atoms with van der Waals surface area (Å²) in [7, 11) is 4.27. The zero-order valence-electron chi connectivity index (χ0n) is 12.7. The van der Waals surface area contributed by atoms with Gasteiger partial charge in [0.15, 0.2) is 0 Å². The zero-order valence-corrected chi connectivity index (χ0v) is 12.7. The minimum atomic E-state index is -0.218. The van der Waals surface area contributed by atoms with E-state index in [1.807, 2.05) is 6.07 Å². The highest BCUT2D eigenvalue weighted by Crippen LogP contribution is 2.22. The van der Waals surface area contributed by atoms with Crippen molar-refractivity contribution in [3.05, 3.63) is 35.6 Å². The Labute approximate surface area is 121 Å². The minimum absolute atomic E-state index is 0.194. The van der Waals surface area contributed by atoms with Crippen LogP contribution in [0, 0.1) is 11.7 Å². The lowest BCUT2D eigenvalue weighted by Gasteiger charge is -2.23. The maximum atomic E-state index is 13.7. The van der Waals surface area contributed by atoms with E-state index in [4.69, 9.17) is 5.73 Å². The van der Waals surface area contributed by atoms with Crippen LogP contribution in [0.3, 0.4) is 0 Å². The fraction of sp³-hybridized carbons (Fsp3) is 0.625. The van der Waals surface area contributed by atoms with Gasteiger partial charge in [0, 0.05) is 37.3 Å². The van der Waals surface area contributed by atoms with Crippen LogP contribution in [-0.2, 0) is 0 Å². The predicted octanol–water partition coefficient (Wildman–Crippen LogP) is 2.10. The molecule has 0 radical (unpaired) electrons. The summed E-state index contributed by atoms with van der Waals surface area (Å²) in [5, 5.41) is 0. The monoisotopic (exact) mass is 279 g/mol. The molecule has 0 spiro atoms. The summed E-state index contributed by atoms with van der Waals surface area (Å²) in [4.78, 5) is 4.73. The highest BCUT2D eigenvalue weighted by Gasteiger charge is 2.30. The molecular weight excluding hydrogens is 253 g/mol. The topological polar surface area (TPSA) is 32.5 Å². The molecule has 1 saturated heterocycles. The van der Waals surface area contributed by atoms with Crippen molar-refractivity contribution in [2.24, 2.45) is 11.7 Å². The van der Waals surface area contributed by atoms with Gasteiger partial charge in [-0.3, -0.25) is 0 Å². The summed E-state index contributed by atoms with van der Waals surface area (Å²) >= 11 is 0. The zero-order chi connectivity index (χ0) is 14.7. The average molecular weight is 279 g/mol. The highest BCUT2D eigenvalue weighted by atomic mass is 19.1. The second-order valence-electron chi connectivity index (χ2n) is 6.18. The highest BCUT2D eigenvalue weighted by molar-refractivity contribution is 5.20. The lowest BCUT2D eigenvalue weighted by atomic mass is 10.0. The first-order chi connectivity index (χ1) is 9.49. The molecule has 1 aromatic carbocycles. The lowest BCUT2D eigenvalue weighted by Crippen LogP contribution is -2.34. The molecule has 1 aliphatic rings. The van der Waals surface area contributed by atoms with Crippen molar-refractivity contribution >= 4 is 0 Å². The Bertz CT molecular complexity index is 435. The quantitative estimate of drug-likeness (QED) is 0.896. The first-order valence-corrected chi connectivity index (χ1v) is 7.38. The molecule has 0 bridgehead atoms. The molecule has 20 heavy (non-hydrogen) atoms. The smallest absolute Gasteiger partial charge is 0.127 e. The van der Waals surface area contributed by atoms with Crippen LogP contribution in [0.2, 0.25) is 0 Å². The molecule has 0 amide bonds. The summed E-state index contributed by atoms with van der Waals surface area (Å²) in [6.07, 6.45) is 0.799. The molecule has 0 aromatic heterocycles. The van der Waals surface area contributed by atoms with Crippen molar-refractivity contribution in [3.8, 4) is 0 Å². The van der Waals surface area contributed by atoms with Crippen LogP contribution in [0.15, 0.2) is 24.3 Å². The first-order valence-electron chi connectivity index (χ1n) is 7.38. The van der Waals surface area contributed by atoms with E-state index in [1.165, 1.54) is 6.07 Å². The van der Waals surface area contributed by atoms with Crippen molar-refractivity contribution in [1.82, 2.24) is 9.80 Å². The van der Waals surface area contributed by atoms with Gasteiger partial charge < -0.3 is 15.5 Å². The van der Waals surface area contributed by atoms with Crippen molar-refractivity contribution < 1.29 is 4.39 Å². The number of halogens is 1. The van der Waals surface area contributed by atoms with Crippen molar-refractivity contribution in [2.45, 2.75) is 25.4 Å². The minimum Gasteiger partial charge on any atom is -0.324 e. The normalized spacial score (nSPS) is 25.3. The summed E-state index contributed by atoms with van der Waals surface area (Å²) in [6.45, 7) is 5.41. The Kier molecular flexibility index (Phi) is 5.13. The van der Waals surface area contributed by atoms with E-state index in [0.29, 0.717) is 17.5 Å². The number of hydrogen-bond donors (Lipinski definition) is 1. The second kappa shape index (κ2) is 6.66. The molecule has 1 aliphatic heterocycles. The molecule has 4 heteroatoms. The molecule has 3 unspecified atom stereocenters. The summed E-state index contributed by atoms with van der Waals surface area (Å²) in [5.74, 6) is 0.482. The van der Waals surface area contributed by atoms with Crippen LogP contribution in [0.4, 0.5) is 4.39 Å². The van der Waals surface area contributed by atoms with Gasteiger partial charge in [0.2, 0.25) is 0 Å². The fourth-order valence-corrected chi connectivity index (χ4v) is 3.16. The fourth-order valence-electron chi connectivity index (χ4n) is 3.16. The third-order valence-corrected chi connectivity index (χ3v) is 4.37. The van der Waals surface area contributed by atoms with Crippen LogP contribution < -0.4 is 5.73 Å². The number of rotatable bonds is 5.